The Labute approximate surface area is 168 Å². The summed E-state index contributed by atoms with van der Waals surface area (Å²) >= 11 is 3.28. The fourth-order valence-corrected chi connectivity index (χ4v) is 2.71. The lowest BCUT2D eigenvalue weighted by molar-refractivity contribution is -0.138. The molecule has 0 fully saturated rings. The lowest BCUT2D eigenvalue weighted by Gasteiger charge is -2.13. The molecule has 0 aliphatic carbocycles. The van der Waals surface area contributed by atoms with Gasteiger partial charge in [0.15, 0.2) is 0 Å². The molecule has 0 spiro atoms. The smallest absolute Gasteiger partial charge is 0.350 e. The molecule has 150 valence electrons. The first-order chi connectivity index (χ1) is 13.3. The van der Waals surface area contributed by atoms with Crippen molar-refractivity contribution in [3.8, 4) is 0 Å². The van der Waals surface area contributed by atoms with Gasteiger partial charge in [-0.2, -0.15) is 13.2 Å². The normalized spacial score (nSPS) is 11.0. The number of urea groups is 1. The monoisotopic (exact) mass is 457 g/mol. The Hall–Kier alpha value is -2.55. The van der Waals surface area contributed by atoms with E-state index in [0.29, 0.717) is 5.56 Å². The molecule has 2 rings (SSSR count). The van der Waals surface area contributed by atoms with Crippen LogP contribution in [-0.4, -0.2) is 31.6 Å². The molecule has 0 heterocycles. The second-order valence-electron chi connectivity index (χ2n) is 5.85. The highest BCUT2D eigenvalue weighted by Crippen LogP contribution is 2.31. The third kappa shape index (κ3) is 6.88. The second-order valence-corrected chi connectivity index (χ2v) is 6.77. The van der Waals surface area contributed by atoms with Gasteiger partial charge < -0.3 is 16.0 Å². The summed E-state index contributed by atoms with van der Waals surface area (Å²) in [6, 6.07) is 11.6. The van der Waals surface area contributed by atoms with Crippen molar-refractivity contribution in [2.24, 2.45) is 0 Å². The first kappa shape index (κ1) is 21.7. The summed E-state index contributed by atoms with van der Waals surface area (Å²) in [5.41, 5.74) is -0.0825. The number of benzene rings is 2. The van der Waals surface area contributed by atoms with Gasteiger partial charge in [0.25, 0.3) is 5.91 Å². The summed E-state index contributed by atoms with van der Waals surface area (Å²) in [7, 11) is 0. The zero-order chi connectivity index (χ0) is 20.6. The van der Waals surface area contributed by atoms with Crippen LogP contribution in [0.15, 0.2) is 53.0 Å². The minimum absolute atomic E-state index is 0.0589. The van der Waals surface area contributed by atoms with Crippen LogP contribution in [0.3, 0.4) is 0 Å². The van der Waals surface area contributed by atoms with Crippen molar-refractivity contribution in [1.82, 2.24) is 16.0 Å². The van der Waals surface area contributed by atoms with Crippen LogP contribution >= 0.6 is 15.9 Å². The third-order valence-electron chi connectivity index (χ3n) is 3.81. The lowest BCUT2D eigenvalue weighted by Crippen LogP contribution is -2.41. The van der Waals surface area contributed by atoms with Gasteiger partial charge in [-0.3, -0.25) is 4.79 Å². The molecule has 3 N–H and O–H groups in total. The van der Waals surface area contributed by atoms with Gasteiger partial charge in [-0.1, -0.05) is 34.1 Å². The number of hydrogen-bond acceptors (Lipinski definition) is 2. The van der Waals surface area contributed by atoms with Crippen molar-refractivity contribution < 1.29 is 22.8 Å². The van der Waals surface area contributed by atoms with E-state index in [4.69, 9.17) is 0 Å². The average Bonchev–Trinajstić information content (AvgIpc) is 2.65. The maximum atomic E-state index is 12.9. The third-order valence-corrected chi connectivity index (χ3v) is 4.33. The molecule has 0 radical (unpaired) electrons. The zero-order valence-corrected chi connectivity index (χ0v) is 16.4. The van der Waals surface area contributed by atoms with Crippen molar-refractivity contribution >= 4 is 27.9 Å². The molecule has 9 heteroatoms. The Balaban J connectivity index is 1.67. The topological polar surface area (TPSA) is 70.2 Å². The van der Waals surface area contributed by atoms with Gasteiger partial charge in [-0.05, 0) is 42.3 Å². The molecule has 5 nitrogen and oxygen atoms in total. The molecule has 0 aliphatic rings. The number of nitrogens with one attached hydrogen (secondary N) is 3. The van der Waals surface area contributed by atoms with Crippen molar-refractivity contribution in [1.29, 1.82) is 0 Å². The van der Waals surface area contributed by atoms with Gasteiger partial charge in [0.2, 0.25) is 0 Å². The number of hydrogen-bond donors (Lipinski definition) is 3. The van der Waals surface area contributed by atoms with Crippen LogP contribution in [0.5, 0.6) is 0 Å². The summed E-state index contributed by atoms with van der Waals surface area (Å²) in [5.74, 6) is -0.265. The molecular weight excluding hydrogens is 439 g/mol. The highest BCUT2D eigenvalue weighted by Gasteiger charge is 2.32. The summed E-state index contributed by atoms with van der Waals surface area (Å²) in [6.07, 6.45) is -4.37. The van der Waals surface area contributed by atoms with Gasteiger partial charge in [0, 0.05) is 29.7 Å². The molecule has 0 aliphatic heterocycles. The van der Waals surface area contributed by atoms with E-state index in [0.717, 1.165) is 10.5 Å². The van der Waals surface area contributed by atoms with Crippen LogP contribution in [0.1, 0.15) is 21.5 Å². The van der Waals surface area contributed by atoms with Gasteiger partial charge in [-0.15, -0.1) is 0 Å². The van der Waals surface area contributed by atoms with Gasteiger partial charge in [0.05, 0.1) is 5.56 Å². The van der Waals surface area contributed by atoms with E-state index < -0.39 is 17.8 Å². The molecule has 2 aromatic carbocycles. The maximum Gasteiger partial charge on any atom is 0.416 e. The molecule has 2 aromatic rings. The second kappa shape index (κ2) is 10.1. The van der Waals surface area contributed by atoms with Crippen LogP contribution in [0.25, 0.3) is 0 Å². The van der Waals surface area contributed by atoms with Crippen molar-refractivity contribution in [3.05, 3.63) is 69.7 Å². The molecule has 0 bridgehead atoms. The van der Waals surface area contributed by atoms with E-state index in [1.54, 1.807) is 24.3 Å². The highest BCUT2D eigenvalue weighted by atomic mass is 79.9. The predicted octanol–water partition coefficient (Wildman–Crippen LogP) is 3.74. The summed E-state index contributed by atoms with van der Waals surface area (Å²) < 4.78 is 39.6. The molecule has 0 saturated heterocycles. The van der Waals surface area contributed by atoms with E-state index in [1.165, 1.54) is 18.2 Å². The maximum absolute atomic E-state index is 12.9. The standard InChI is InChI=1S/C19H19BrF3N3O2/c20-15-7-5-14(6-8-15)17(27)24-11-12-26-18(28)25-10-9-13-3-1-2-4-16(13)19(21,22)23/h1-8H,9-12H2,(H,24,27)(H2,25,26,28). The average molecular weight is 458 g/mol. The molecule has 28 heavy (non-hydrogen) atoms. The molecule has 3 amide bonds. The molecule has 0 aromatic heterocycles. The van der Waals surface area contributed by atoms with Crippen molar-refractivity contribution in [2.45, 2.75) is 12.6 Å². The number of alkyl halides is 3. The van der Waals surface area contributed by atoms with E-state index in [1.807, 2.05) is 0 Å². The van der Waals surface area contributed by atoms with Crippen LogP contribution < -0.4 is 16.0 Å². The summed E-state index contributed by atoms with van der Waals surface area (Å²) in [5, 5.41) is 7.69. The molecule has 0 atom stereocenters. The summed E-state index contributed by atoms with van der Waals surface area (Å²) in [6.45, 7) is 0.469. The Morgan fingerprint density at radius 1 is 0.857 bits per heavy atom. The SMILES string of the molecule is O=C(NCCNC(=O)c1ccc(Br)cc1)NCCc1ccccc1C(F)(F)F. The minimum atomic E-state index is -4.42. The first-order valence-corrected chi connectivity index (χ1v) is 9.27. The highest BCUT2D eigenvalue weighted by molar-refractivity contribution is 9.10. The largest absolute Gasteiger partial charge is 0.416 e. The fraction of sp³-hybridized carbons (Fsp3) is 0.263. The van der Waals surface area contributed by atoms with Gasteiger partial charge in [-0.25, -0.2) is 4.79 Å². The van der Waals surface area contributed by atoms with Gasteiger partial charge >= 0.3 is 12.2 Å². The van der Waals surface area contributed by atoms with Crippen molar-refractivity contribution in [2.75, 3.05) is 19.6 Å². The zero-order valence-electron chi connectivity index (χ0n) is 14.8. The van der Waals surface area contributed by atoms with Crippen LogP contribution in [0.2, 0.25) is 0 Å². The summed E-state index contributed by atoms with van der Waals surface area (Å²) in [4.78, 5) is 23.6. The number of amides is 3. The van der Waals surface area contributed by atoms with Crippen LogP contribution in [-0.2, 0) is 12.6 Å². The number of carbonyl (C=O) groups is 2. The van der Waals surface area contributed by atoms with E-state index >= 15 is 0 Å². The number of rotatable bonds is 7. The Bertz CT molecular complexity index is 811. The predicted molar refractivity (Wildman–Crippen MR) is 103 cm³/mol. The van der Waals surface area contributed by atoms with E-state index in [-0.39, 0.29) is 37.5 Å². The van der Waals surface area contributed by atoms with Crippen LogP contribution in [0.4, 0.5) is 18.0 Å². The molecule has 0 unspecified atom stereocenters. The molecule has 0 saturated carbocycles. The quantitative estimate of drug-likeness (QED) is 0.554. The fourth-order valence-electron chi connectivity index (χ4n) is 2.44. The Morgan fingerprint density at radius 3 is 2.14 bits per heavy atom. The Morgan fingerprint density at radius 2 is 1.46 bits per heavy atom. The minimum Gasteiger partial charge on any atom is -0.350 e. The number of carbonyl (C=O) groups excluding carboxylic acids is 2. The first-order valence-electron chi connectivity index (χ1n) is 8.48. The van der Waals surface area contributed by atoms with Gasteiger partial charge in [0.1, 0.15) is 0 Å². The number of halogens is 4. The van der Waals surface area contributed by atoms with E-state index in [2.05, 4.69) is 31.9 Å². The Kier molecular flexibility index (Phi) is 7.86. The lowest BCUT2D eigenvalue weighted by atomic mass is 10.0. The van der Waals surface area contributed by atoms with E-state index in [9.17, 15) is 22.8 Å². The molecular formula is C19H19BrF3N3O2. The van der Waals surface area contributed by atoms with Crippen LogP contribution in [0, 0.1) is 0 Å². The van der Waals surface area contributed by atoms with Crippen molar-refractivity contribution in [3.63, 3.8) is 0 Å².